The summed E-state index contributed by atoms with van der Waals surface area (Å²) in [6.45, 7) is -0.137. The third-order valence-corrected chi connectivity index (χ3v) is 3.81. The van der Waals surface area contributed by atoms with E-state index in [0.717, 1.165) is 12.3 Å². The second kappa shape index (κ2) is 5.58. The van der Waals surface area contributed by atoms with Gasteiger partial charge in [-0.3, -0.25) is 0 Å². The highest BCUT2D eigenvalue weighted by Gasteiger charge is 2.09. The summed E-state index contributed by atoms with van der Waals surface area (Å²) in [6.07, 6.45) is 1.10. The molecule has 0 N–H and O–H groups in total. The van der Waals surface area contributed by atoms with Gasteiger partial charge in [-0.25, -0.2) is 17.2 Å². The molecule has 0 aliphatic heterocycles. The van der Waals surface area contributed by atoms with Crippen LogP contribution in [0.1, 0.15) is 5.56 Å². The van der Waals surface area contributed by atoms with Crippen molar-refractivity contribution in [3.8, 4) is 5.75 Å². The summed E-state index contributed by atoms with van der Waals surface area (Å²) in [5, 5.41) is 0. The van der Waals surface area contributed by atoms with Crippen LogP contribution in [0, 0.1) is 11.6 Å². The van der Waals surface area contributed by atoms with E-state index in [0.29, 0.717) is 5.75 Å². The van der Waals surface area contributed by atoms with Crippen LogP contribution in [-0.2, 0) is 16.4 Å². The summed E-state index contributed by atoms with van der Waals surface area (Å²) in [6, 6.07) is 9.56. The van der Waals surface area contributed by atoms with Crippen molar-refractivity contribution < 1.29 is 21.9 Å². The maximum atomic E-state index is 13.4. The Morgan fingerprint density at radius 3 is 2.30 bits per heavy atom. The minimum absolute atomic E-state index is 0.0946. The molecule has 0 atom stereocenters. The molecule has 2 rings (SSSR count). The van der Waals surface area contributed by atoms with Crippen LogP contribution >= 0.6 is 0 Å². The first-order chi connectivity index (χ1) is 9.38. The molecule has 0 heterocycles. The van der Waals surface area contributed by atoms with Gasteiger partial charge >= 0.3 is 0 Å². The van der Waals surface area contributed by atoms with Crippen LogP contribution in [0.25, 0.3) is 0 Å². The fourth-order valence-electron chi connectivity index (χ4n) is 1.60. The first-order valence-corrected chi connectivity index (χ1v) is 7.63. The summed E-state index contributed by atoms with van der Waals surface area (Å²) in [5.74, 6) is -1.50. The van der Waals surface area contributed by atoms with E-state index < -0.39 is 21.5 Å². The zero-order valence-corrected chi connectivity index (χ0v) is 11.5. The van der Waals surface area contributed by atoms with Crippen LogP contribution < -0.4 is 4.74 Å². The molecule has 6 heteroatoms. The lowest BCUT2D eigenvalue weighted by Crippen LogP contribution is -2.01. The molecule has 0 radical (unpaired) electrons. The highest BCUT2D eigenvalue weighted by molar-refractivity contribution is 7.90. The van der Waals surface area contributed by atoms with E-state index in [-0.39, 0.29) is 17.1 Å². The minimum atomic E-state index is -3.26. The van der Waals surface area contributed by atoms with Crippen molar-refractivity contribution in [2.24, 2.45) is 0 Å². The Kier molecular flexibility index (Phi) is 4.04. The molecular formula is C14H12F2O3S. The quantitative estimate of drug-likeness (QED) is 0.871. The first-order valence-electron chi connectivity index (χ1n) is 5.74. The zero-order chi connectivity index (χ0) is 14.8. The predicted molar refractivity (Wildman–Crippen MR) is 70.2 cm³/mol. The fraction of sp³-hybridized carbons (Fsp3) is 0.143. The normalized spacial score (nSPS) is 11.3. The van der Waals surface area contributed by atoms with Crippen LogP contribution in [0.5, 0.6) is 5.75 Å². The highest BCUT2D eigenvalue weighted by Crippen LogP contribution is 2.18. The lowest BCUT2D eigenvalue weighted by Gasteiger charge is -2.08. The summed E-state index contributed by atoms with van der Waals surface area (Å²) < 4.78 is 54.2. The van der Waals surface area contributed by atoms with Crippen LogP contribution in [0.4, 0.5) is 8.78 Å². The van der Waals surface area contributed by atoms with Gasteiger partial charge in [0.2, 0.25) is 0 Å². The molecule has 20 heavy (non-hydrogen) atoms. The smallest absolute Gasteiger partial charge is 0.175 e. The number of hydrogen-bond acceptors (Lipinski definition) is 3. The number of sulfone groups is 1. The topological polar surface area (TPSA) is 43.4 Å². The van der Waals surface area contributed by atoms with E-state index in [9.17, 15) is 17.2 Å². The number of halogens is 2. The third kappa shape index (κ3) is 3.33. The lowest BCUT2D eigenvalue weighted by molar-refractivity contribution is 0.297. The van der Waals surface area contributed by atoms with Gasteiger partial charge in [0.25, 0.3) is 0 Å². The van der Waals surface area contributed by atoms with E-state index >= 15 is 0 Å². The SMILES string of the molecule is CS(=O)(=O)c1ccc(OCc2cccc(F)c2F)cc1. The molecule has 2 aromatic carbocycles. The molecule has 0 saturated carbocycles. The van der Waals surface area contributed by atoms with Gasteiger partial charge in [0, 0.05) is 11.8 Å². The standard InChI is InChI=1S/C14H12F2O3S/c1-20(17,18)12-7-5-11(6-8-12)19-9-10-3-2-4-13(15)14(10)16/h2-8H,9H2,1H3. The third-order valence-electron chi connectivity index (χ3n) is 2.68. The van der Waals surface area contributed by atoms with Gasteiger partial charge in [-0.05, 0) is 30.3 Å². The van der Waals surface area contributed by atoms with E-state index in [1.165, 1.54) is 36.4 Å². The van der Waals surface area contributed by atoms with Crippen molar-refractivity contribution in [1.82, 2.24) is 0 Å². The monoisotopic (exact) mass is 298 g/mol. The molecule has 0 unspecified atom stereocenters. The van der Waals surface area contributed by atoms with E-state index in [2.05, 4.69) is 0 Å². The summed E-state index contributed by atoms with van der Waals surface area (Å²) in [4.78, 5) is 0.168. The zero-order valence-electron chi connectivity index (χ0n) is 10.6. The molecular weight excluding hydrogens is 286 g/mol. The number of hydrogen-bond donors (Lipinski definition) is 0. The van der Waals surface area contributed by atoms with E-state index in [1.54, 1.807) is 0 Å². The number of ether oxygens (including phenoxy) is 1. The Morgan fingerprint density at radius 1 is 1.05 bits per heavy atom. The summed E-state index contributed by atoms with van der Waals surface area (Å²) in [7, 11) is -3.26. The van der Waals surface area contributed by atoms with Crippen molar-refractivity contribution in [3.63, 3.8) is 0 Å². The molecule has 106 valence electrons. The second-order valence-corrected chi connectivity index (χ2v) is 6.26. The number of benzene rings is 2. The predicted octanol–water partition coefficient (Wildman–Crippen LogP) is 2.95. The van der Waals surface area contributed by atoms with E-state index in [1.807, 2.05) is 0 Å². The maximum Gasteiger partial charge on any atom is 0.175 e. The van der Waals surface area contributed by atoms with Gasteiger partial charge in [-0.1, -0.05) is 12.1 Å². The van der Waals surface area contributed by atoms with Gasteiger partial charge in [-0.2, -0.15) is 0 Å². The molecule has 0 saturated heterocycles. The molecule has 0 aliphatic rings. The first kappa shape index (κ1) is 14.5. The van der Waals surface area contributed by atoms with Gasteiger partial charge in [0.05, 0.1) is 4.90 Å². The molecule has 3 nitrogen and oxygen atoms in total. The molecule has 0 aliphatic carbocycles. The van der Waals surface area contributed by atoms with Gasteiger partial charge < -0.3 is 4.74 Å². The fourth-order valence-corrected chi connectivity index (χ4v) is 2.23. The highest BCUT2D eigenvalue weighted by atomic mass is 32.2. The maximum absolute atomic E-state index is 13.4. The van der Waals surface area contributed by atoms with Gasteiger partial charge in [0.1, 0.15) is 12.4 Å². The van der Waals surface area contributed by atoms with Crippen molar-refractivity contribution >= 4 is 9.84 Å². The van der Waals surface area contributed by atoms with Crippen LogP contribution in [0.3, 0.4) is 0 Å². The Morgan fingerprint density at radius 2 is 1.70 bits per heavy atom. The van der Waals surface area contributed by atoms with Gasteiger partial charge in [0.15, 0.2) is 21.5 Å². The molecule has 0 fully saturated rings. The average molecular weight is 298 g/mol. The summed E-state index contributed by atoms with van der Waals surface area (Å²) in [5.41, 5.74) is 0.0946. The van der Waals surface area contributed by atoms with E-state index in [4.69, 9.17) is 4.74 Å². The van der Waals surface area contributed by atoms with Crippen molar-refractivity contribution in [2.45, 2.75) is 11.5 Å². The molecule has 2 aromatic rings. The average Bonchev–Trinajstić information content (AvgIpc) is 2.40. The van der Waals surface area contributed by atoms with Crippen molar-refractivity contribution in [1.29, 1.82) is 0 Å². The molecule has 0 aromatic heterocycles. The Hall–Kier alpha value is -1.95. The molecule has 0 amide bonds. The molecule has 0 spiro atoms. The second-order valence-electron chi connectivity index (χ2n) is 4.25. The van der Waals surface area contributed by atoms with Crippen LogP contribution in [0.2, 0.25) is 0 Å². The lowest BCUT2D eigenvalue weighted by atomic mass is 10.2. The minimum Gasteiger partial charge on any atom is -0.489 e. The molecule has 0 bridgehead atoms. The Balaban J connectivity index is 2.10. The Labute approximate surface area is 115 Å². The van der Waals surface area contributed by atoms with Gasteiger partial charge in [-0.15, -0.1) is 0 Å². The van der Waals surface area contributed by atoms with Crippen molar-refractivity contribution in [2.75, 3.05) is 6.26 Å². The summed E-state index contributed by atoms with van der Waals surface area (Å²) >= 11 is 0. The Bertz CT molecular complexity index is 710. The largest absolute Gasteiger partial charge is 0.489 e. The number of rotatable bonds is 4. The van der Waals surface area contributed by atoms with Crippen LogP contribution in [-0.4, -0.2) is 14.7 Å². The van der Waals surface area contributed by atoms with Crippen molar-refractivity contribution in [3.05, 3.63) is 59.7 Å². The van der Waals surface area contributed by atoms with Crippen LogP contribution in [0.15, 0.2) is 47.4 Å².